The van der Waals surface area contributed by atoms with Gasteiger partial charge in [0.2, 0.25) is 5.91 Å². The van der Waals surface area contributed by atoms with Crippen LogP contribution in [-0.4, -0.2) is 36.5 Å². The van der Waals surface area contributed by atoms with Crippen LogP contribution in [0.3, 0.4) is 0 Å². The summed E-state index contributed by atoms with van der Waals surface area (Å²) in [5.74, 6) is 0.0386. The van der Waals surface area contributed by atoms with Crippen molar-refractivity contribution in [1.82, 2.24) is 4.90 Å². The van der Waals surface area contributed by atoms with Crippen LogP contribution >= 0.6 is 0 Å². The Kier molecular flexibility index (Phi) is 5.13. The first-order valence-electron chi connectivity index (χ1n) is 10.5. The van der Waals surface area contributed by atoms with E-state index in [1.165, 1.54) is 12.1 Å². The summed E-state index contributed by atoms with van der Waals surface area (Å²) in [7, 11) is 0. The summed E-state index contributed by atoms with van der Waals surface area (Å²) in [4.78, 5) is 19.1. The van der Waals surface area contributed by atoms with E-state index in [0.29, 0.717) is 31.9 Å². The van der Waals surface area contributed by atoms with Crippen molar-refractivity contribution in [3.05, 3.63) is 90.0 Å². The van der Waals surface area contributed by atoms with Crippen LogP contribution in [0.5, 0.6) is 0 Å². The molecule has 2 aliphatic heterocycles. The second-order valence-electron chi connectivity index (χ2n) is 8.22. The largest absolute Gasteiger partial charge is 0.416 e. The molecule has 1 saturated heterocycles. The molecular formula is C25H22F3N3O. The minimum absolute atomic E-state index is 0.0386. The Morgan fingerprint density at radius 1 is 0.812 bits per heavy atom. The molecule has 1 amide bonds. The van der Waals surface area contributed by atoms with E-state index in [4.69, 9.17) is 0 Å². The highest BCUT2D eigenvalue weighted by Gasteiger charge is 2.40. The SMILES string of the molecule is O=C1CN(Cc2ccccc2)CC2CN(c3ccc(C(F)(F)F)cc3)c3ccccc3N12. The minimum Gasteiger partial charge on any atom is -0.338 e. The highest BCUT2D eigenvalue weighted by Crippen LogP contribution is 2.41. The molecule has 2 heterocycles. The van der Waals surface area contributed by atoms with E-state index in [0.717, 1.165) is 29.1 Å². The molecule has 0 bridgehead atoms. The van der Waals surface area contributed by atoms with E-state index in [1.54, 1.807) is 0 Å². The number of rotatable bonds is 3. The summed E-state index contributed by atoms with van der Waals surface area (Å²) in [6.45, 7) is 2.21. The number of amides is 1. The first-order valence-corrected chi connectivity index (χ1v) is 10.5. The molecule has 7 heteroatoms. The smallest absolute Gasteiger partial charge is 0.338 e. The van der Waals surface area contributed by atoms with E-state index in [-0.39, 0.29) is 11.9 Å². The van der Waals surface area contributed by atoms with Crippen LogP contribution in [0.15, 0.2) is 78.9 Å². The maximum absolute atomic E-state index is 13.1. The zero-order valence-corrected chi connectivity index (χ0v) is 17.3. The van der Waals surface area contributed by atoms with Gasteiger partial charge in [0, 0.05) is 25.3 Å². The second kappa shape index (κ2) is 7.98. The number of hydrogen-bond donors (Lipinski definition) is 0. The van der Waals surface area contributed by atoms with Gasteiger partial charge in [0.15, 0.2) is 0 Å². The molecule has 3 aromatic rings. The summed E-state index contributed by atoms with van der Waals surface area (Å²) >= 11 is 0. The Hall–Kier alpha value is -3.32. The molecule has 5 rings (SSSR count). The maximum Gasteiger partial charge on any atom is 0.416 e. The van der Waals surface area contributed by atoms with Crippen LogP contribution in [0.25, 0.3) is 0 Å². The van der Waals surface area contributed by atoms with Gasteiger partial charge < -0.3 is 9.80 Å². The zero-order chi connectivity index (χ0) is 22.3. The van der Waals surface area contributed by atoms with E-state index in [1.807, 2.05) is 64.4 Å². The third kappa shape index (κ3) is 3.84. The predicted octanol–water partition coefficient (Wildman–Crippen LogP) is 5.07. The van der Waals surface area contributed by atoms with Gasteiger partial charge in [-0.2, -0.15) is 13.2 Å². The van der Waals surface area contributed by atoms with Crippen molar-refractivity contribution >= 4 is 23.0 Å². The summed E-state index contributed by atoms with van der Waals surface area (Å²) in [5.41, 5.74) is 2.78. The summed E-state index contributed by atoms with van der Waals surface area (Å²) in [6, 6.07) is 22.7. The van der Waals surface area contributed by atoms with Crippen molar-refractivity contribution in [2.75, 3.05) is 29.4 Å². The monoisotopic (exact) mass is 437 g/mol. The maximum atomic E-state index is 13.1. The Labute approximate surface area is 184 Å². The molecule has 1 fully saturated rings. The van der Waals surface area contributed by atoms with Gasteiger partial charge in [0.25, 0.3) is 0 Å². The topological polar surface area (TPSA) is 26.8 Å². The molecule has 0 aromatic heterocycles. The van der Waals surface area contributed by atoms with Crippen LogP contribution in [0.4, 0.5) is 30.2 Å². The first kappa shape index (κ1) is 20.6. The molecule has 1 atom stereocenters. The molecule has 0 N–H and O–H groups in total. The summed E-state index contributed by atoms with van der Waals surface area (Å²) in [6.07, 6.45) is -4.37. The highest BCUT2D eigenvalue weighted by atomic mass is 19.4. The molecule has 0 radical (unpaired) electrons. The molecule has 3 aromatic carbocycles. The normalized spacial score (nSPS) is 19.0. The van der Waals surface area contributed by atoms with Gasteiger partial charge in [-0.25, -0.2) is 0 Å². The third-order valence-corrected chi connectivity index (χ3v) is 6.04. The van der Waals surface area contributed by atoms with E-state index >= 15 is 0 Å². The third-order valence-electron chi connectivity index (χ3n) is 6.04. The average molecular weight is 437 g/mol. The van der Waals surface area contributed by atoms with Crippen molar-refractivity contribution in [2.24, 2.45) is 0 Å². The quantitative estimate of drug-likeness (QED) is 0.572. The number of nitrogens with zero attached hydrogens (tertiary/aromatic N) is 3. The molecular weight excluding hydrogens is 415 g/mol. The number of fused-ring (bicyclic) bond motifs is 3. The van der Waals surface area contributed by atoms with E-state index < -0.39 is 11.7 Å². The molecule has 0 spiro atoms. The van der Waals surface area contributed by atoms with Crippen LogP contribution in [0, 0.1) is 0 Å². The summed E-state index contributed by atoms with van der Waals surface area (Å²) < 4.78 is 39.1. The number of halogens is 3. The fourth-order valence-electron chi connectivity index (χ4n) is 4.63. The average Bonchev–Trinajstić information content (AvgIpc) is 2.78. The van der Waals surface area contributed by atoms with Crippen LogP contribution in [0.1, 0.15) is 11.1 Å². The molecule has 4 nitrogen and oxygen atoms in total. The number of benzene rings is 3. The molecule has 0 saturated carbocycles. The van der Waals surface area contributed by atoms with Crippen LogP contribution in [0.2, 0.25) is 0 Å². The van der Waals surface area contributed by atoms with Gasteiger partial charge in [-0.05, 0) is 42.0 Å². The van der Waals surface area contributed by atoms with Crippen LogP contribution in [-0.2, 0) is 17.5 Å². The van der Waals surface area contributed by atoms with Crippen LogP contribution < -0.4 is 9.80 Å². The molecule has 1 unspecified atom stereocenters. The molecule has 0 aliphatic carbocycles. The number of carbonyl (C=O) groups is 1. The number of piperazine rings is 1. The van der Waals surface area contributed by atoms with Crippen molar-refractivity contribution in [3.8, 4) is 0 Å². The molecule has 2 aliphatic rings. The van der Waals surface area contributed by atoms with Gasteiger partial charge >= 0.3 is 6.18 Å². The lowest BCUT2D eigenvalue weighted by Crippen LogP contribution is -2.61. The van der Waals surface area contributed by atoms with Gasteiger partial charge in [0.05, 0.1) is 29.5 Å². The lowest BCUT2D eigenvalue weighted by atomic mass is 10.0. The van der Waals surface area contributed by atoms with Crippen molar-refractivity contribution in [3.63, 3.8) is 0 Å². The standard InChI is InChI=1S/C25H22F3N3O/c26-25(27,28)19-10-12-20(13-11-19)30-16-21-15-29(14-18-6-2-1-3-7-18)17-24(32)31(21)23-9-5-4-8-22(23)30/h1-13,21H,14-17H2. The fourth-order valence-corrected chi connectivity index (χ4v) is 4.63. The predicted molar refractivity (Wildman–Crippen MR) is 118 cm³/mol. The van der Waals surface area contributed by atoms with Crippen molar-refractivity contribution in [2.45, 2.75) is 18.8 Å². The lowest BCUT2D eigenvalue weighted by Gasteiger charge is -2.48. The van der Waals surface area contributed by atoms with E-state index in [9.17, 15) is 18.0 Å². The minimum atomic E-state index is -4.37. The van der Waals surface area contributed by atoms with Gasteiger partial charge in [-0.3, -0.25) is 9.69 Å². The van der Waals surface area contributed by atoms with Gasteiger partial charge in [-0.15, -0.1) is 0 Å². The number of carbonyl (C=O) groups excluding carboxylic acids is 1. The van der Waals surface area contributed by atoms with Gasteiger partial charge in [0.1, 0.15) is 0 Å². The lowest BCUT2D eigenvalue weighted by molar-refractivity contribution is -0.137. The summed E-state index contributed by atoms with van der Waals surface area (Å²) in [5, 5.41) is 0. The van der Waals surface area contributed by atoms with Gasteiger partial charge in [-0.1, -0.05) is 42.5 Å². The van der Waals surface area contributed by atoms with Crippen molar-refractivity contribution < 1.29 is 18.0 Å². The first-order chi connectivity index (χ1) is 15.4. The zero-order valence-electron chi connectivity index (χ0n) is 17.3. The fraction of sp³-hybridized carbons (Fsp3) is 0.240. The Morgan fingerprint density at radius 2 is 1.47 bits per heavy atom. The number of anilines is 3. The molecule has 164 valence electrons. The van der Waals surface area contributed by atoms with E-state index in [2.05, 4.69) is 4.90 Å². The Morgan fingerprint density at radius 3 is 2.16 bits per heavy atom. The highest BCUT2D eigenvalue weighted by molar-refractivity contribution is 6.01. The van der Waals surface area contributed by atoms with Crippen molar-refractivity contribution in [1.29, 1.82) is 0 Å². The number of para-hydroxylation sites is 2. The number of alkyl halides is 3. The molecule has 32 heavy (non-hydrogen) atoms. The number of hydrogen-bond acceptors (Lipinski definition) is 3. The Bertz CT molecular complexity index is 1120. The Balaban J connectivity index is 1.45. The second-order valence-corrected chi connectivity index (χ2v) is 8.22.